The smallest absolute Gasteiger partial charge is 0.198 e. The lowest BCUT2D eigenvalue weighted by atomic mass is 9.89. The summed E-state index contributed by atoms with van der Waals surface area (Å²) in [4.78, 5) is 29.0. The lowest BCUT2D eigenvalue weighted by molar-refractivity contribution is 0.0987. The summed E-state index contributed by atoms with van der Waals surface area (Å²) in [7, 11) is 0. The molecule has 2 aromatic rings. The van der Waals surface area contributed by atoms with Crippen molar-refractivity contribution in [1.29, 1.82) is 0 Å². The molecular formula is C35H39NO3. The molecule has 4 nitrogen and oxygen atoms in total. The quantitative estimate of drug-likeness (QED) is 0.209. The van der Waals surface area contributed by atoms with E-state index in [0.29, 0.717) is 22.5 Å². The van der Waals surface area contributed by atoms with Crippen molar-refractivity contribution < 1.29 is 14.3 Å². The summed E-state index contributed by atoms with van der Waals surface area (Å²) >= 11 is 0. The van der Waals surface area contributed by atoms with E-state index in [-0.39, 0.29) is 22.6 Å². The predicted molar refractivity (Wildman–Crippen MR) is 159 cm³/mol. The maximum Gasteiger partial charge on any atom is 0.198 e. The molecule has 3 aliphatic rings. The summed E-state index contributed by atoms with van der Waals surface area (Å²) in [6.07, 6.45) is 15.1. The third-order valence-corrected chi connectivity index (χ3v) is 7.75. The van der Waals surface area contributed by atoms with E-state index in [1.165, 1.54) is 43.4 Å². The Morgan fingerprint density at radius 1 is 0.923 bits per heavy atom. The number of benzene rings is 2. The maximum absolute atomic E-state index is 13.2. The molecule has 0 saturated heterocycles. The Hall–Kier alpha value is -3.66. The number of ketones is 2. The van der Waals surface area contributed by atoms with E-state index in [0.717, 1.165) is 30.8 Å². The number of fused-ring (bicyclic) bond motifs is 2. The number of hydrogen-bond acceptors (Lipinski definition) is 4. The van der Waals surface area contributed by atoms with Crippen molar-refractivity contribution in [2.24, 2.45) is 5.41 Å². The first-order valence-electron chi connectivity index (χ1n) is 14.4. The van der Waals surface area contributed by atoms with Crippen molar-refractivity contribution >= 4 is 23.3 Å². The topological polar surface area (TPSA) is 46.6 Å². The van der Waals surface area contributed by atoms with Crippen LogP contribution in [0.1, 0.15) is 91.6 Å². The minimum absolute atomic E-state index is 0.217. The van der Waals surface area contributed by atoms with E-state index in [9.17, 15) is 9.59 Å². The standard InChI is InChI=1S/C35H39NO3/c1-5-6-7-10-19-36-20-11-12-25-21-24(16-18-30(25)36)15-17-27-22-26(23-31(39-27)35(2,3)4)32-33(37)28-13-8-9-14-29(28)34(32)38/h8-9,13-18,21-23H,5-7,10-12,19-20H2,1-4H3/b17-15+. The summed E-state index contributed by atoms with van der Waals surface area (Å²) in [5, 5.41) is 0. The van der Waals surface area contributed by atoms with Crippen molar-refractivity contribution in [2.75, 3.05) is 18.0 Å². The van der Waals surface area contributed by atoms with Gasteiger partial charge in [-0.3, -0.25) is 9.59 Å². The van der Waals surface area contributed by atoms with E-state index in [2.05, 4.69) is 56.9 Å². The molecule has 202 valence electrons. The molecule has 0 spiro atoms. The summed E-state index contributed by atoms with van der Waals surface area (Å²) in [6, 6.07) is 13.8. The van der Waals surface area contributed by atoms with Crippen molar-refractivity contribution in [3.8, 4) is 0 Å². The maximum atomic E-state index is 13.2. The van der Waals surface area contributed by atoms with Crippen molar-refractivity contribution in [2.45, 2.75) is 66.2 Å². The summed E-state index contributed by atoms with van der Waals surface area (Å²) in [5.74, 6) is 0.917. The van der Waals surface area contributed by atoms with Crippen molar-refractivity contribution in [3.63, 3.8) is 0 Å². The Morgan fingerprint density at radius 2 is 1.67 bits per heavy atom. The van der Waals surface area contributed by atoms with Crippen LogP contribution >= 0.6 is 0 Å². The fourth-order valence-corrected chi connectivity index (χ4v) is 5.57. The van der Waals surface area contributed by atoms with E-state index in [4.69, 9.17) is 4.74 Å². The summed E-state index contributed by atoms with van der Waals surface area (Å²) in [6.45, 7) is 10.7. The molecule has 0 N–H and O–H groups in total. The Labute approximate surface area is 232 Å². The molecule has 0 atom stereocenters. The molecule has 0 unspecified atom stereocenters. The number of nitrogens with zero attached hydrogens (tertiary/aromatic N) is 1. The molecule has 0 fully saturated rings. The first-order valence-corrected chi connectivity index (χ1v) is 14.4. The molecule has 2 aromatic carbocycles. The Bertz CT molecular complexity index is 1380. The van der Waals surface area contributed by atoms with Crippen LogP contribution in [0.2, 0.25) is 0 Å². The van der Waals surface area contributed by atoms with Crippen LogP contribution < -0.4 is 4.90 Å². The van der Waals surface area contributed by atoms with Crippen LogP contribution in [-0.2, 0) is 11.2 Å². The molecule has 5 rings (SSSR count). The molecule has 2 aliphatic heterocycles. The average Bonchev–Trinajstić information content (AvgIpc) is 3.19. The Balaban J connectivity index is 1.42. The van der Waals surface area contributed by atoms with Crippen LogP contribution in [0.4, 0.5) is 5.69 Å². The molecule has 0 saturated carbocycles. The van der Waals surface area contributed by atoms with Gasteiger partial charge in [0.2, 0.25) is 0 Å². The predicted octanol–water partition coefficient (Wildman–Crippen LogP) is 8.25. The zero-order chi connectivity index (χ0) is 27.6. The number of carbonyl (C=O) groups is 2. The number of rotatable bonds is 7. The van der Waals surface area contributed by atoms with Crippen LogP contribution in [0.25, 0.3) is 6.08 Å². The summed E-state index contributed by atoms with van der Waals surface area (Å²) in [5.41, 5.74) is 5.38. The molecule has 4 heteroatoms. The minimum atomic E-state index is -0.289. The molecule has 0 amide bonds. The van der Waals surface area contributed by atoms with Crippen LogP contribution in [0, 0.1) is 5.41 Å². The number of allylic oxidation sites excluding steroid dienone is 6. The molecule has 0 radical (unpaired) electrons. The number of anilines is 1. The van der Waals surface area contributed by atoms with Gasteiger partial charge in [0.15, 0.2) is 11.6 Å². The Kier molecular flexibility index (Phi) is 7.74. The third-order valence-electron chi connectivity index (χ3n) is 7.75. The van der Waals surface area contributed by atoms with Gasteiger partial charge in [-0.05, 0) is 66.3 Å². The average molecular weight is 522 g/mol. The summed E-state index contributed by atoms with van der Waals surface area (Å²) < 4.78 is 6.27. The molecule has 2 heterocycles. The van der Waals surface area contributed by atoms with Gasteiger partial charge >= 0.3 is 0 Å². The van der Waals surface area contributed by atoms with Gasteiger partial charge in [0.1, 0.15) is 11.5 Å². The number of Topliss-reactive ketones (excluding diaryl/α,β-unsaturated/α-hetero) is 2. The Morgan fingerprint density at radius 3 is 2.36 bits per heavy atom. The highest BCUT2D eigenvalue weighted by atomic mass is 16.5. The highest BCUT2D eigenvalue weighted by Gasteiger charge is 2.36. The van der Waals surface area contributed by atoms with E-state index >= 15 is 0 Å². The zero-order valence-corrected chi connectivity index (χ0v) is 23.7. The van der Waals surface area contributed by atoms with Crippen LogP contribution in [0.3, 0.4) is 0 Å². The van der Waals surface area contributed by atoms with Gasteiger partial charge in [0, 0.05) is 35.3 Å². The zero-order valence-electron chi connectivity index (χ0n) is 23.7. The van der Waals surface area contributed by atoms with Crippen molar-refractivity contribution in [1.82, 2.24) is 0 Å². The second-order valence-electron chi connectivity index (χ2n) is 11.8. The van der Waals surface area contributed by atoms with Gasteiger partial charge in [-0.1, -0.05) is 83.4 Å². The third kappa shape index (κ3) is 5.71. The fourth-order valence-electron chi connectivity index (χ4n) is 5.57. The van der Waals surface area contributed by atoms with Crippen LogP contribution in [0.15, 0.2) is 83.4 Å². The molecule has 0 aromatic heterocycles. The van der Waals surface area contributed by atoms with Gasteiger partial charge < -0.3 is 9.64 Å². The SMILES string of the molecule is CCCCCCN1CCCc2cc(/C=C/C3=CC(=C4C(=O)c5ccccc5C4=O)C=C(C(C)(C)C)O3)ccc21. The first kappa shape index (κ1) is 26.9. The number of carbonyl (C=O) groups excluding carboxylic acids is 2. The minimum Gasteiger partial charge on any atom is -0.461 e. The highest BCUT2D eigenvalue weighted by molar-refractivity contribution is 6.40. The van der Waals surface area contributed by atoms with Crippen molar-refractivity contribution in [3.05, 3.63) is 106 Å². The van der Waals surface area contributed by atoms with Gasteiger partial charge in [-0.25, -0.2) is 0 Å². The number of hydrogen-bond donors (Lipinski definition) is 0. The number of unbranched alkanes of at least 4 members (excludes halogenated alkanes) is 3. The van der Waals surface area contributed by atoms with Gasteiger partial charge in [0.05, 0.1) is 5.57 Å². The van der Waals surface area contributed by atoms with Crippen LogP contribution in [0.5, 0.6) is 0 Å². The van der Waals surface area contributed by atoms with Crippen LogP contribution in [-0.4, -0.2) is 24.7 Å². The largest absolute Gasteiger partial charge is 0.461 e. The molecule has 1 aliphatic carbocycles. The lowest BCUT2D eigenvalue weighted by Gasteiger charge is -2.31. The van der Waals surface area contributed by atoms with Gasteiger partial charge in [-0.2, -0.15) is 0 Å². The second kappa shape index (κ2) is 11.2. The normalized spacial score (nSPS) is 17.3. The fraction of sp³-hybridized carbons (Fsp3) is 0.371. The van der Waals surface area contributed by atoms with E-state index < -0.39 is 0 Å². The number of aryl methyl sites for hydroxylation is 1. The van der Waals surface area contributed by atoms with Gasteiger partial charge in [0.25, 0.3) is 0 Å². The molecule has 39 heavy (non-hydrogen) atoms. The van der Waals surface area contributed by atoms with E-state index in [1.807, 2.05) is 18.2 Å². The molecular weight excluding hydrogens is 482 g/mol. The van der Waals surface area contributed by atoms with Gasteiger partial charge in [-0.15, -0.1) is 0 Å². The van der Waals surface area contributed by atoms with E-state index in [1.54, 1.807) is 24.3 Å². The number of ether oxygens (including phenoxy) is 1. The second-order valence-corrected chi connectivity index (χ2v) is 11.8. The molecule has 0 bridgehead atoms. The first-order chi connectivity index (χ1) is 18.8. The monoisotopic (exact) mass is 521 g/mol. The highest BCUT2D eigenvalue weighted by Crippen LogP contribution is 2.37. The lowest BCUT2D eigenvalue weighted by Crippen LogP contribution is -2.30.